The lowest BCUT2D eigenvalue weighted by Gasteiger charge is -2.10. The Morgan fingerprint density at radius 2 is 2.14 bits per heavy atom. The van der Waals surface area contributed by atoms with Crippen LogP contribution in [0.1, 0.15) is 9.67 Å². The van der Waals surface area contributed by atoms with E-state index in [2.05, 4.69) is 10.6 Å². The van der Waals surface area contributed by atoms with Gasteiger partial charge in [-0.05, 0) is 29.7 Å². The van der Waals surface area contributed by atoms with Crippen molar-refractivity contribution < 1.29 is 9.72 Å². The molecule has 2 aromatic rings. The molecule has 108 valence electrons. The van der Waals surface area contributed by atoms with E-state index in [9.17, 15) is 14.9 Å². The normalized spacial score (nSPS) is 9.95. The summed E-state index contributed by atoms with van der Waals surface area (Å²) >= 11 is 12.2. The largest absolute Gasteiger partial charge is 0.331 e. The summed E-state index contributed by atoms with van der Waals surface area (Å²) in [4.78, 5) is 22.5. The summed E-state index contributed by atoms with van der Waals surface area (Å²) in [6.45, 7) is 0. The van der Waals surface area contributed by atoms with Crippen LogP contribution in [0, 0.1) is 10.1 Å². The first-order chi connectivity index (χ1) is 9.97. The van der Waals surface area contributed by atoms with Crippen molar-refractivity contribution in [2.24, 2.45) is 0 Å². The molecule has 0 radical (unpaired) electrons. The zero-order valence-electron chi connectivity index (χ0n) is 10.3. The van der Waals surface area contributed by atoms with Crippen molar-refractivity contribution >= 4 is 57.5 Å². The van der Waals surface area contributed by atoms with Gasteiger partial charge in [0.15, 0.2) is 5.11 Å². The highest BCUT2D eigenvalue weighted by molar-refractivity contribution is 7.80. The van der Waals surface area contributed by atoms with Crippen LogP contribution in [-0.4, -0.2) is 15.9 Å². The molecule has 1 aromatic heterocycles. The first-order valence-corrected chi connectivity index (χ1v) is 7.24. The molecule has 0 fully saturated rings. The number of carbonyl (C=O) groups excluding carboxylic acids is 1. The van der Waals surface area contributed by atoms with Gasteiger partial charge in [0.2, 0.25) is 0 Å². The number of amides is 1. The van der Waals surface area contributed by atoms with Crippen LogP contribution in [0.4, 0.5) is 11.4 Å². The van der Waals surface area contributed by atoms with Crippen LogP contribution in [0.5, 0.6) is 0 Å². The molecule has 0 saturated carbocycles. The number of benzene rings is 1. The van der Waals surface area contributed by atoms with Crippen LogP contribution < -0.4 is 10.6 Å². The number of nitrogens with one attached hydrogen (secondary N) is 2. The van der Waals surface area contributed by atoms with E-state index >= 15 is 0 Å². The number of non-ortho nitro benzene ring substituents is 1. The maximum atomic E-state index is 11.8. The van der Waals surface area contributed by atoms with Gasteiger partial charge in [-0.2, -0.15) is 0 Å². The van der Waals surface area contributed by atoms with Gasteiger partial charge in [0.25, 0.3) is 11.6 Å². The second-order valence-corrected chi connectivity index (χ2v) is 5.57. The summed E-state index contributed by atoms with van der Waals surface area (Å²) in [7, 11) is 0. The average molecular weight is 342 g/mol. The zero-order chi connectivity index (χ0) is 15.4. The van der Waals surface area contributed by atoms with Crippen LogP contribution in [0.15, 0.2) is 35.7 Å². The van der Waals surface area contributed by atoms with Crippen LogP contribution in [0.25, 0.3) is 0 Å². The fourth-order valence-electron chi connectivity index (χ4n) is 1.45. The van der Waals surface area contributed by atoms with E-state index in [1.807, 2.05) is 0 Å². The van der Waals surface area contributed by atoms with Crippen molar-refractivity contribution in [3.05, 3.63) is 55.7 Å². The van der Waals surface area contributed by atoms with E-state index in [1.54, 1.807) is 17.5 Å². The van der Waals surface area contributed by atoms with E-state index in [1.165, 1.54) is 29.5 Å². The number of hydrogen-bond acceptors (Lipinski definition) is 5. The number of hydrogen-bond donors (Lipinski definition) is 2. The third-order valence-electron chi connectivity index (χ3n) is 2.38. The summed E-state index contributed by atoms with van der Waals surface area (Å²) in [6, 6.07) is 7.30. The molecule has 0 aliphatic heterocycles. The van der Waals surface area contributed by atoms with Gasteiger partial charge in [-0.3, -0.25) is 20.2 Å². The van der Waals surface area contributed by atoms with Gasteiger partial charge in [0.05, 0.1) is 20.5 Å². The predicted octanol–water partition coefficient (Wildman–Crippen LogP) is 3.44. The summed E-state index contributed by atoms with van der Waals surface area (Å²) < 4.78 is 0. The van der Waals surface area contributed by atoms with Crippen LogP contribution in [0.2, 0.25) is 5.02 Å². The third-order valence-corrected chi connectivity index (χ3v) is 3.78. The van der Waals surface area contributed by atoms with E-state index in [4.69, 9.17) is 23.8 Å². The average Bonchev–Trinajstić information content (AvgIpc) is 2.95. The van der Waals surface area contributed by atoms with Crippen molar-refractivity contribution in [3.63, 3.8) is 0 Å². The van der Waals surface area contributed by atoms with Gasteiger partial charge in [0, 0.05) is 12.1 Å². The van der Waals surface area contributed by atoms with Crippen molar-refractivity contribution in [1.82, 2.24) is 5.32 Å². The number of nitro groups is 1. The molecule has 2 rings (SSSR count). The molecule has 1 amide bonds. The SMILES string of the molecule is O=C(NC(=S)Nc1cc([N+](=O)[O-])ccc1Cl)c1cccs1. The highest BCUT2D eigenvalue weighted by Crippen LogP contribution is 2.26. The number of thiophene rings is 1. The standard InChI is InChI=1S/C12H8ClN3O3S2/c13-8-4-3-7(16(18)19)6-9(8)14-12(20)15-11(17)10-2-1-5-21-10/h1-6H,(H2,14,15,17,20). The number of thiocarbonyl (C=S) groups is 1. The first kappa shape index (κ1) is 15.4. The Kier molecular flexibility index (Phi) is 4.84. The number of nitrogens with zero attached hydrogens (tertiary/aromatic N) is 1. The van der Waals surface area contributed by atoms with Crippen molar-refractivity contribution in [2.75, 3.05) is 5.32 Å². The first-order valence-electron chi connectivity index (χ1n) is 5.57. The maximum absolute atomic E-state index is 11.8. The lowest BCUT2D eigenvalue weighted by molar-refractivity contribution is -0.384. The molecule has 6 nitrogen and oxygen atoms in total. The Morgan fingerprint density at radius 1 is 1.38 bits per heavy atom. The monoisotopic (exact) mass is 341 g/mol. The summed E-state index contributed by atoms with van der Waals surface area (Å²) in [5.74, 6) is -0.357. The summed E-state index contributed by atoms with van der Waals surface area (Å²) in [6.07, 6.45) is 0. The Labute approximate surface area is 133 Å². The second-order valence-electron chi connectivity index (χ2n) is 3.81. The second kappa shape index (κ2) is 6.61. The highest BCUT2D eigenvalue weighted by atomic mass is 35.5. The zero-order valence-corrected chi connectivity index (χ0v) is 12.7. The predicted molar refractivity (Wildman–Crippen MR) is 86.1 cm³/mol. The van der Waals surface area contributed by atoms with E-state index in [-0.39, 0.29) is 27.4 Å². The minimum Gasteiger partial charge on any atom is -0.331 e. The molecule has 0 atom stereocenters. The van der Waals surface area contributed by atoms with Gasteiger partial charge in [-0.25, -0.2) is 0 Å². The number of carbonyl (C=O) groups is 1. The van der Waals surface area contributed by atoms with E-state index in [0.29, 0.717) is 4.88 Å². The van der Waals surface area contributed by atoms with Gasteiger partial charge in [0.1, 0.15) is 0 Å². The van der Waals surface area contributed by atoms with E-state index in [0.717, 1.165) is 0 Å². The molecule has 2 N–H and O–H groups in total. The molecule has 1 aromatic carbocycles. The number of nitro benzene ring substituents is 1. The molecule has 0 bridgehead atoms. The molecule has 0 spiro atoms. The molecular weight excluding hydrogens is 334 g/mol. The van der Waals surface area contributed by atoms with Crippen molar-refractivity contribution in [2.45, 2.75) is 0 Å². The molecule has 9 heteroatoms. The Morgan fingerprint density at radius 3 is 2.76 bits per heavy atom. The lowest BCUT2D eigenvalue weighted by Crippen LogP contribution is -2.33. The minimum absolute atomic E-state index is 0.01000. The minimum atomic E-state index is -0.547. The topological polar surface area (TPSA) is 84.3 Å². The van der Waals surface area contributed by atoms with Gasteiger partial charge >= 0.3 is 0 Å². The fourth-order valence-corrected chi connectivity index (χ4v) is 2.44. The molecule has 0 aliphatic carbocycles. The van der Waals surface area contributed by atoms with E-state index < -0.39 is 4.92 Å². The summed E-state index contributed by atoms with van der Waals surface area (Å²) in [5, 5.41) is 17.9. The molecule has 0 unspecified atom stereocenters. The number of rotatable bonds is 3. The Hall–Kier alpha value is -2.03. The van der Waals surface area contributed by atoms with Gasteiger partial charge in [-0.1, -0.05) is 17.7 Å². The Balaban J connectivity index is 2.07. The quantitative estimate of drug-likeness (QED) is 0.507. The number of anilines is 1. The maximum Gasteiger partial charge on any atom is 0.271 e. The molecule has 1 heterocycles. The molecule has 21 heavy (non-hydrogen) atoms. The van der Waals surface area contributed by atoms with Crippen molar-refractivity contribution in [1.29, 1.82) is 0 Å². The lowest BCUT2D eigenvalue weighted by atomic mass is 10.3. The van der Waals surface area contributed by atoms with Crippen LogP contribution >= 0.6 is 35.2 Å². The summed E-state index contributed by atoms with van der Waals surface area (Å²) in [5.41, 5.74) is 0.122. The van der Waals surface area contributed by atoms with Gasteiger partial charge < -0.3 is 5.32 Å². The van der Waals surface area contributed by atoms with Crippen molar-refractivity contribution in [3.8, 4) is 0 Å². The molecular formula is C12H8ClN3O3S2. The highest BCUT2D eigenvalue weighted by Gasteiger charge is 2.13. The third kappa shape index (κ3) is 3.97. The van der Waals surface area contributed by atoms with Crippen LogP contribution in [0.3, 0.4) is 0 Å². The molecule has 0 aliphatic rings. The van der Waals surface area contributed by atoms with Crippen LogP contribution in [-0.2, 0) is 0 Å². The molecule has 0 saturated heterocycles. The fraction of sp³-hybridized carbons (Fsp3) is 0. The number of halogens is 1. The Bertz CT molecular complexity index is 704. The van der Waals surface area contributed by atoms with Gasteiger partial charge in [-0.15, -0.1) is 11.3 Å². The smallest absolute Gasteiger partial charge is 0.271 e.